The molecule has 0 aliphatic carbocycles. The molecule has 0 saturated carbocycles. The molecule has 3 aliphatic heterocycles. The van der Waals surface area contributed by atoms with Crippen molar-refractivity contribution in [2.45, 2.75) is 95.4 Å². The Labute approximate surface area is 255 Å². The summed E-state index contributed by atoms with van der Waals surface area (Å²) in [7, 11) is -1.63. The van der Waals surface area contributed by atoms with Crippen LogP contribution in [0, 0.1) is 11.3 Å². The molecule has 0 radical (unpaired) electrons. The summed E-state index contributed by atoms with van der Waals surface area (Å²) in [6, 6.07) is 12.1. The summed E-state index contributed by atoms with van der Waals surface area (Å²) >= 11 is 0. The van der Waals surface area contributed by atoms with Crippen LogP contribution in [0.15, 0.2) is 35.1 Å². The molecular weight excluding hydrogens is 564 g/mol. The molecule has 1 aromatic heterocycles. The molecule has 3 fully saturated rings. The van der Waals surface area contributed by atoms with Crippen LogP contribution in [0.25, 0.3) is 10.9 Å². The lowest BCUT2D eigenvalue weighted by Gasteiger charge is -2.39. The zero-order chi connectivity index (χ0) is 30.7. The number of nitriles is 1. The van der Waals surface area contributed by atoms with Crippen molar-refractivity contribution in [1.82, 2.24) is 24.0 Å². The summed E-state index contributed by atoms with van der Waals surface area (Å²) in [5.41, 5.74) is 0.752. The van der Waals surface area contributed by atoms with E-state index < -0.39 is 10.0 Å². The largest absolute Gasteiger partial charge is 0.349 e. The first-order valence-electron chi connectivity index (χ1n) is 15.8. The quantitative estimate of drug-likeness (QED) is 0.415. The predicted molar refractivity (Wildman–Crippen MR) is 168 cm³/mol. The third kappa shape index (κ3) is 6.98. The molecule has 2 aromatic rings. The highest BCUT2D eigenvalue weighted by Crippen LogP contribution is 2.36. The van der Waals surface area contributed by atoms with Crippen LogP contribution >= 0.6 is 0 Å². The molecule has 4 heterocycles. The maximum absolute atomic E-state index is 13.4. The maximum Gasteiger partial charge on any atom is 0.264 e. The van der Waals surface area contributed by atoms with Gasteiger partial charge in [0.2, 0.25) is 10.0 Å². The number of piperidine rings is 2. The van der Waals surface area contributed by atoms with Crippen LogP contribution < -0.4 is 10.9 Å². The first-order chi connectivity index (χ1) is 20.6. The van der Waals surface area contributed by atoms with E-state index in [0.29, 0.717) is 24.9 Å². The number of amides is 1. The highest BCUT2D eigenvalue weighted by molar-refractivity contribution is 7.89. The second kappa shape index (κ2) is 13.5. The summed E-state index contributed by atoms with van der Waals surface area (Å²) in [5, 5.41) is 12.9. The van der Waals surface area contributed by atoms with Crippen LogP contribution in [0.1, 0.15) is 81.6 Å². The number of hydrogen-bond acceptors (Lipinski definition) is 7. The van der Waals surface area contributed by atoms with Crippen molar-refractivity contribution >= 4 is 26.8 Å². The molecule has 10 nitrogen and oxygen atoms in total. The zero-order valence-electron chi connectivity index (χ0n) is 25.7. The Balaban J connectivity index is 1.14. The van der Waals surface area contributed by atoms with E-state index in [1.54, 1.807) is 22.0 Å². The second-order valence-electron chi connectivity index (χ2n) is 12.8. The fraction of sp³-hybridized carbons (Fsp3) is 0.656. The van der Waals surface area contributed by atoms with E-state index >= 15 is 0 Å². The number of fused-ring (bicyclic) bond motifs is 3. The molecular formula is C32H46N6O4S. The van der Waals surface area contributed by atoms with Crippen LogP contribution in [-0.4, -0.2) is 96.1 Å². The van der Waals surface area contributed by atoms with Crippen LogP contribution in [0.4, 0.5) is 0 Å². The van der Waals surface area contributed by atoms with Gasteiger partial charge in [0.25, 0.3) is 11.5 Å². The molecule has 1 unspecified atom stereocenters. The van der Waals surface area contributed by atoms with Gasteiger partial charge in [-0.25, -0.2) is 12.7 Å². The molecule has 2 bridgehead atoms. The van der Waals surface area contributed by atoms with Gasteiger partial charge in [0, 0.05) is 50.2 Å². The number of carbonyl (C=O) groups is 1. The Morgan fingerprint density at radius 3 is 2.42 bits per heavy atom. The summed E-state index contributed by atoms with van der Waals surface area (Å²) in [5.74, 6) is -0.175. The molecule has 3 saturated heterocycles. The Morgan fingerprint density at radius 1 is 1.09 bits per heavy atom. The van der Waals surface area contributed by atoms with Crippen LogP contribution in [0.5, 0.6) is 0 Å². The molecule has 5 rings (SSSR count). The topological polar surface area (TPSA) is 119 Å². The van der Waals surface area contributed by atoms with Crippen LogP contribution in [-0.2, 0) is 10.0 Å². The molecule has 234 valence electrons. The SMILES string of the molecule is CC(C)n1c(=O)c(C(=O)NC2C[C@H]3CC[C@@H](C2)N3CCCS(=O)(=O)N(C)C2CCN(CCC#N)CC2)cc2ccccc21. The molecule has 1 amide bonds. The van der Waals surface area contributed by atoms with Crippen molar-refractivity contribution in [2.75, 3.05) is 39.0 Å². The number of hydrogen-bond donors (Lipinski definition) is 1. The second-order valence-corrected chi connectivity index (χ2v) is 15.0. The molecule has 11 heteroatoms. The Hall–Kier alpha value is -2.78. The van der Waals surface area contributed by atoms with Gasteiger partial charge in [0.15, 0.2) is 0 Å². The van der Waals surface area contributed by atoms with E-state index in [9.17, 15) is 18.0 Å². The minimum absolute atomic E-state index is 0.00601. The normalized spacial score (nSPS) is 23.7. The number of sulfonamides is 1. The van der Waals surface area contributed by atoms with Crippen molar-refractivity contribution in [3.63, 3.8) is 0 Å². The minimum atomic E-state index is -3.35. The number of nitrogens with one attached hydrogen (secondary N) is 1. The summed E-state index contributed by atoms with van der Waals surface area (Å²) < 4.78 is 29.6. The van der Waals surface area contributed by atoms with E-state index in [4.69, 9.17) is 5.26 Å². The van der Waals surface area contributed by atoms with Gasteiger partial charge in [-0.3, -0.25) is 14.5 Å². The highest BCUT2D eigenvalue weighted by Gasteiger charge is 2.41. The molecule has 1 N–H and O–H groups in total. The Morgan fingerprint density at radius 2 is 1.77 bits per heavy atom. The van der Waals surface area contributed by atoms with Gasteiger partial charge < -0.3 is 14.8 Å². The first kappa shape index (κ1) is 31.6. The summed E-state index contributed by atoms with van der Waals surface area (Å²) in [4.78, 5) is 31.4. The lowest BCUT2D eigenvalue weighted by molar-refractivity contribution is 0.0844. The van der Waals surface area contributed by atoms with Gasteiger partial charge >= 0.3 is 0 Å². The van der Waals surface area contributed by atoms with Crippen LogP contribution in [0.3, 0.4) is 0 Å². The highest BCUT2D eigenvalue weighted by atomic mass is 32.2. The van der Waals surface area contributed by atoms with E-state index in [2.05, 4.69) is 21.2 Å². The fourth-order valence-corrected chi connectivity index (χ4v) is 8.94. The van der Waals surface area contributed by atoms with E-state index in [-0.39, 0.29) is 40.9 Å². The number of carbonyl (C=O) groups excluding carboxylic acids is 1. The third-order valence-electron chi connectivity index (χ3n) is 9.79. The van der Waals surface area contributed by atoms with Gasteiger partial charge in [0.05, 0.1) is 17.3 Å². The van der Waals surface area contributed by atoms with Crippen LogP contribution in [0.2, 0.25) is 0 Å². The lowest BCUT2D eigenvalue weighted by Crippen LogP contribution is -2.51. The Bertz CT molecular complexity index is 1490. The molecule has 3 aliphatic rings. The third-order valence-corrected chi connectivity index (χ3v) is 11.8. The Kier molecular flexibility index (Phi) is 9.91. The van der Waals surface area contributed by atoms with Gasteiger partial charge in [-0.1, -0.05) is 18.2 Å². The first-order valence-corrected chi connectivity index (χ1v) is 17.5. The number of nitrogens with zero attached hydrogens (tertiary/aromatic N) is 5. The van der Waals surface area contributed by atoms with E-state index in [0.717, 1.165) is 75.6 Å². The number of para-hydroxylation sites is 1. The van der Waals surface area contributed by atoms with Gasteiger partial charge in [-0.15, -0.1) is 0 Å². The van der Waals surface area contributed by atoms with Gasteiger partial charge in [-0.05, 0) is 95.9 Å². The van der Waals surface area contributed by atoms with Crippen molar-refractivity contribution in [3.8, 4) is 6.07 Å². The lowest BCUT2D eigenvalue weighted by atomic mass is 9.96. The summed E-state index contributed by atoms with van der Waals surface area (Å²) in [6.45, 7) is 7.05. The molecule has 0 spiro atoms. The smallest absolute Gasteiger partial charge is 0.264 e. The number of rotatable bonds is 11. The van der Waals surface area contributed by atoms with E-state index in [1.807, 2.05) is 38.1 Å². The summed E-state index contributed by atoms with van der Waals surface area (Å²) in [6.07, 6.45) is 6.41. The van der Waals surface area contributed by atoms with Gasteiger partial charge in [0.1, 0.15) is 5.56 Å². The maximum atomic E-state index is 13.4. The molecule has 1 aromatic carbocycles. The number of benzene rings is 1. The zero-order valence-corrected chi connectivity index (χ0v) is 26.6. The number of aromatic nitrogens is 1. The molecule has 43 heavy (non-hydrogen) atoms. The van der Waals surface area contributed by atoms with Crippen molar-refractivity contribution < 1.29 is 13.2 Å². The average molecular weight is 611 g/mol. The average Bonchev–Trinajstić information content (AvgIpc) is 3.22. The standard InChI is InChI=1S/C32H46N6O4S/c1-23(2)38-30-9-5-4-8-24(30)20-29(32(38)40)31(39)34-25-21-27-10-11-28(22-25)37(27)16-7-19-43(41,42)35(3)26-12-17-36(18-13-26)15-6-14-33/h4-5,8-9,20,23,25-28H,6-7,10-13,15-19,21-22H2,1-3H3,(H,34,39)/t25?,27-,28+. The minimum Gasteiger partial charge on any atom is -0.349 e. The predicted octanol–water partition coefficient (Wildman–Crippen LogP) is 3.34. The van der Waals surface area contributed by atoms with Crippen molar-refractivity contribution in [3.05, 3.63) is 46.2 Å². The molecule has 3 atom stereocenters. The van der Waals surface area contributed by atoms with Crippen molar-refractivity contribution in [2.24, 2.45) is 0 Å². The van der Waals surface area contributed by atoms with Crippen molar-refractivity contribution in [1.29, 1.82) is 5.26 Å². The number of likely N-dealkylation sites (tertiary alicyclic amines) is 1. The fourth-order valence-electron chi connectivity index (χ4n) is 7.50. The van der Waals surface area contributed by atoms with E-state index in [1.165, 1.54) is 0 Å². The van der Waals surface area contributed by atoms with Gasteiger partial charge in [-0.2, -0.15) is 5.26 Å². The monoisotopic (exact) mass is 610 g/mol. The number of pyridine rings is 1.